The Kier molecular flexibility index (Phi) is 4.81. The second kappa shape index (κ2) is 7.31. The molecule has 152 valence electrons. The van der Waals surface area contributed by atoms with Gasteiger partial charge in [-0.3, -0.25) is 24.0 Å². The normalized spacial score (nSPS) is 23.9. The average molecular weight is 397 g/mol. The van der Waals surface area contributed by atoms with E-state index in [1.54, 1.807) is 7.05 Å². The fourth-order valence-electron chi connectivity index (χ4n) is 4.20. The summed E-state index contributed by atoms with van der Waals surface area (Å²) in [5, 5.41) is 0. The Morgan fingerprint density at radius 2 is 2.00 bits per heavy atom. The molecule has 0 radical (unpaired) electrons. The Morgan fingerprint density at radius 3 is 2.69 bits per heavy atom. The summed E-state index contributed by atoms with van der Waals surface area (Å²) in [6.45, 7) is 3.96. The largest absolute Gasteiger partial charge is 0.392 e. The SMILES string of the molecule is CC1CN2C(=[N+](CCc3ccccc3)C1)N=C1C2C(=O)N(CC(N)=O)C(=O)N1C. The third-order valence-corrected chi connectivity index (χ3v) is 5.54. The third-order valence-electron chi connectivity index (χ3n) is 5.54. The van der Waals surface area contributed by atoms with Crippen molar-refractivity contribution in [3.63, 3.8) is 0 Å². The molecule has 2 unspecified atom stereocenters. The van der Waals surface area contributed by atoms with E-state index in [1.165, 1.54) is 10.5 Å². The highest BCUT2D eigenvalue weighted by Gasteiger charge is 2.57. The fraction of sp³-hybridized carbons (Fsp3) is 0.450. The smallest absolute Gasteiger partial charge is 0.368 e. The summed E-state index contributed by atoms with van der Waals surface area (Å²) in [5.41, 5.74) is 6.47. The number of urea groups is 1. The molecule has 4 rings (SSSR count). The quantitative estimate of drug-likeness (QED) is 0.690. The second-order valence-electron chi connectivity index (χ2n) is 7.84. The lowest BCUT2D eigenvalue weighted by Gasteiger charge is -2.36. The van der Waals surface area contributed by atoms with Gasteiger partial charge in [0.15, 0.2) is 0 Å². The molecule has 29 heavy (non-hydrogen) atoms. The third kappa shape index (κ3) is 3.37. The van der Waals surface area contributed by atoms with Crippen molar-refractivity contribution in [1.29, 1.82) is 0 Å². The van der Waals surface area contributed by atoms with Crippen LogP contribution in [0.25, 0.3) is 0 Å². The number of aliphatic imine (C=N–C) groups is 1. The summed E-state index contributed by atoms with van der Waals surface area (Å²) in [4.78, 5) is 45.9. The first-order valence-corrected chi connectivity index (χ1v) is 9.75. The van der Waals surface area contributed by atoms with Gasteiger partial charge in [0.25, 0.3) is 5.91 Å². The van der Waals surface area contributed by atoms with Crippen LogP contribution >= 0.6 is 0 Å². The maximum atomic E-state index is 13.1. The summed E-state index contributed by atoms with van der Waals surface area (Å²) >= 11 is 0. The highest BCUT2D eigenvalue weighted by Crippen LogP contribution is 2.26. The zero-order valence-corrected chi connectivity index (χ0v) is 16.6. The number of rotatable bonds is 5. The van der Waals surface area contributed by atoms with E-state index in [4.69, 9.17) is 5.73 Å². The maximum Gasteiger partial charge on any atom is 0.392 e. The molecule has 1 aromatic carbocycles. The first-order chi connectivity index (χ1) is 13.9. The maximum absolute atomic E-state index is 13.1. The summed E-state index contributed by atoms with van der Waals surface area (Å²) in [6.07, 6.45) is 0.858. The Hall–Kier alpha value is -3.23. The number of amides is 4. The number of likely N-dealkylation sites (N-methyl/N-ethyl adjacent to an activating group) is 1. The lowest BCUT2D eigenvalue weighted by Crippen LogP contribution is -2.65. The average Bonchev–Trinajstić information content (AvgIpc) is 3.08. The molecule has 1 saturated heterocycles. The van der Waals surface area contributed by atoms with Gasteiger partial charge in [0.05, 0.1) is 19.6 Å². The molecule has 1 fully saturated rings. The molecule has 0 spiro atoms. The van der Waals surface area contributed by atoms with Crippen molar-refractivity contribution in [2.75, 3.05) is 33.2 Å². The van der Waals surface area contributed by atoms with Gasteiger partial charge in [-0.2, -0.15) is 0 Å². The van der Waals surface area contributed by atoms with Gasteiger partial charge in [-0.15, -0.1) is 0 Å². The van der Waals surface area contributed by atoms with Crippen LogP contribution in [0.15, 0.2) is 35.3 Å². The number of primary amides is 1. The Labute approximate surface area is 169 Å². The van der Waals surface area contributed by atoms with Crippen LogP contribution < -0.4 is 5.73 Å². The molecule has 4 amide bonds. The van der Waals surface area contributed by atoms with Gasteiger partial charge in [-0.25, -0.2) is 9.69 Å². The van der Waals surface area contributed by atoms with E-state index >= 15 is 0 Å². The zero-order valence-electron chi connectivity index (χ0n) is 16.6. The molecule has 3 aliphatic rings. The van der Waals surface area contributed by atoms with Crippen LogP contribution in [0.3, 0.4) is 0 Å². The predicted molar refractivity (Wildman–Crippen MR) is 106 cm³/mol. The van der Waals surface area contributed by atoms with Crippen molar-refractivity contribution >= 4 is 29.6 Å². The number of carbonyl (C=O) groups excluding carboxylic acids is 3. The van der Waals surface area contributed by atoms with Gasteiger partial charge < -0.3 is 5.73 Å². The molecule has 2 atom stereocenters. The molecule has 0 bridgehead atoms. The number of fused-ring (bicyclic) bond motifs is 3. The Balaban J connectivity index is 1.66. The summed E-state index contributed by atoms with van der Waals surface area (Å²) in [7, 11) is 1.57. The summed E-state index contributed by atoms with van der Waals surface area (Å²) < 4.78 is 2.18. The van der Waals surface area contributed by atoms with Crippen LogP contribution in [0.2, 0.25) is 0 Å². The molecular formula is C20H25N6O3+. The standard InChI is InChI=1S/C20H24N6O3/c1-13-10-24(9-8-14-6-4-3-5-7-14)19-22-17-16(25(19)11-13)18(28)26(12-15(21)27)20(29)23(17)2/h3-7,13,16H,8-12H2,1-2H3,(H-,21,27)/p+1. The number of imide groups is 1. The molecule has 0 aromatic heterocycles. The van der Waals surface area contributed by atoms with E-state index in [2.05, 4.69) is 28.6 Å². The van der Waals surface area contributed by atoms with Gasteiger partial charge in [0, 0.05) is 19.4 Å². The van der Waals surface area contributed by atoms with E-state index in [1.807, 2.05) is 23.1 Å². The number of hydrogen-bond donors (Lipinski definition) is 1. The first kappa shape index (κ1) is 19.1. The van der Waals surface area contributed by atoms with Crippen molar-refractivity contribution in [2.45, 2.75) is 19.4 Å². The number of carbonyl (C=O) groups is 3. The van der Waals surface area contributed by atoms with Crippen LogP contribution in [0.1, 0.15) is 12.5 Å². The van der Waals surface area contributed by atoms with Crippen molar-refractivity contribution in [3.05, 3.63) is 35.9 Å². The number of guanidine groups is 1. The topological polar surface area (TPSA) is 102 Å². The molecule has 0 saturated carbocycles. The number of nitrogens with two attached hydrogens (primary N) is 1. The number of amidine groups is 1. The van der Waals surface area contributed by atoms with Crippen LogP contribution in [0, 0.1) is 5.92 Å². The van der Waals surface area contributed by atoms with Crippen molar-refractivity contribution in [1.82, 2.24) is 14.7 Å². The molecule has 9 nitrogen and oxygen atoms in total. The lowest BCUT2D eigenvalue weighted by atomic mass is 10.1. The highest BCUT2D eigenvalue weighted by molar-refractivity contribution is 6.26. The minimum atomic E-state index is -0.723. The van der Waals surface area contributed by atoms with Gasteiger partial charge in [-0.05, 0) is 5.56 Å². The molecule has 9 heteroatoms. The molecule has 0 aliphatic carbocycles. The molecule has 3 heterocycles. The molecule has 1 aromatic rings. The van der Waals surface area contributed by atoms with Crippen molar-refractivity contribution < 1.29 is 19.0 Å². The Morgan fingerprint density at radius 1 is 1.28 bits per heavy atom. The van der Waals surface area contributed by atoms with E-state index in [0.717, 1.165) is 24.4 Å². The lowest BCUT2D eigenvalue weighted by molar-refractivity contribution is -0.545. The fourth-order valence-corrected chi connectivity index (χ4v) is 4.20. The highest BCUT2D eigenvalue weighted by atomic mass is 16.2. The van der Waals surface area contributed by atoms with Gasteiger partial charge in [-0.1, -0.05) is 42.2 Å². The van der Waals surface area contributed by atoms with E-state index in [-0.39, 0.29) is 0 Å². The summed E-state index contributed by atoms with van der Waals surface area (Å²) in [6, 6.07) is 8.94. The number of benzene rings is 1. The minimum absolute atomic E-state index is 0.324. The van der Waals surface area contributed by atoms with Crippen molar-refractivity contribution in [3.8, 4) is 0 Å². The predicted octanol–water partition coefficient (Wildman–Crippen LogP) is -0.291. The minimum Gasteiger partial charge on any atom is -0.368 e. The van der Waals surface area contributed by atoms with Gasteiger partial charge >= 0.3 is 12.0 Å². The number of nitrogens with zero attached hydrogens (tertiary/aromatic N) is 5. The number of hydrogen-bond acceptors (Lipinski definition) is 5. The molecular weight excluding hydrogens is 372 g/mol. The summed E-state index contributed by atoms with van der Waals surface area (Å²) in [5.74, 6) is 0.281. The molecule has 3 aliphatic heterocycles. The first-order valence-electron chi connectivity index (χ1n) is 9.75. The van der Waals surface area contributed by atoms with Gasteiger partial charge in [0.2, 0.25) is 17.8 Å². The monoisotopic (exact) mass is 397 g/mol. The second-order valence-corrected chi connectivity index (χ2v) is 7.84. The molecule has 2 N–H and O–H groups in total. The zero-order chi connectivity index (χ0) is 20.7. The van der Waals surface area contributed by atoms with Crippen LogP contribution in [0.5, 0.6) is 0 Å². The van der Waals surface area contributed by atoms with E-state index in [9.17, 15) is 14.4 Å². The van der Waals surface area contributed by atoms with Crippen molar-refractivity contribution in [2.24, 2.45) is 16.6 Å². The Bertz CT molecular complexity index is 925. The van der Waals surface area contributed by atoms with Crippen LogP contribution in [-0.4, -0.2) is 88.2 Å². The van der Waals surface area contributed by atoms with Crippen LogP contribution in [-0.2, 0) is 16.0 Å². The van der Waals surface area contributed by atoms with E-state index < -0.39 is 30.4 Å². The van der Waals surface area contributed by atoms with Gasteiger partial charge in [0.1, 0.15) is 6.54 Å². The van der Waals surface area contributed by atoms with E-state index in [0.29, 0.717) is 24.3 Å². The van der Waals surface area contributed by atoms with Crippen LogP contribution in [0.4, 0.5) is 4.79 Å².